The third-order valence-electron chi connectivity index (χ3n) is 3.11. The molecule has 0 aromatic heterocycles. The van der Waals surface area contributed by atoms with Crippen LogP contribution in [0.1, 0.15) is 32.6 Å². The average Bonchev–Trinajstić information content (AvgIpc) is 2.78. The standard InChI is InChI=1S/C12H22N2O2S/c1-2-3-10(11(13)17)12(15)14-6-4-9-5-7-16-8-9/h9-10H,2-8H2,1H3,(H2,13,17)(H,14,15). The Labute approximate surface area is 108 Å². The molecule has 1 heterocycles. The Morgan fingerprint density at radius 3 is 2.94 bits per heavy atom. The van der Waals surface area contributed by atoms with Gasteiger partial charge in [0, 0.05) is 19.8 Å². The average molecular weight is 258 g/mol. The quantitative estimate of drug-likeness (QED) is 0.674. The molecule has 0 bridgehead atoms. The maximum atomic E-state index is 11.8. The van der Waals surface area contributed by atoms with Crippen LogP contribution in [0.4, 0.5) is 0 Å². The van der Waals surface area contributed by atoms with Gasteiger partial charge in [0.05, 0.1) is 10.9 Å². The minimum Gasteiger partial charge on any atom is -0.393 e. The number of amides is 1. The van der Waals surface area contributed by atoms with Crippen molar-refractivity contribution in [1.82, 2.24) is 5.32 Å². The summed E-state index contributed by atoms with van der Waals surface area (Å²) in [5.41, 5.74) is 5.57. The third-order valence-corrected chi connectivity index (χ3v) is 3.40. The second-order valence-corrected chi connectivity index (χ2v) is 5.02. The fourth-order valence-corrected chi connectivity index (χ4v) is 2.25. The summed E-state index contributed by atoms with van der Waals surface area (Å²) < 4.78 is 5.29. The summed E-state index contributed by atoms with van der Waals surface area (Å²) >= 11 is 4.91. The van der Waals surface area contributed by atoms with Crippen LogP contribution in [0.3, 0.4) is 0 Å². The number of nitrogens with one attached hydrogen (secondary N) is 1. The molecular weight excluding hydrogens is 236 g/mol. The first kappa shape index (κ1) is 14.4. The number of carbonyl (C=O) groups is 1. The molecule has 17 heavy (non-hydrogen) atoms. The van der Waals surface area contributed by atoms with Crippen LogP contribution in [-0.2, 0) is 9.53 Å². The molecule has 4 nitrogen and oxygen atoms in total. The molecule has 0 saturated carbocycles. The highest BCUT2D eigenvalue weighted by Crippen LogP contribution is 2.15. The molecule has 1 amide bonds. The predicted molar refractivity (Wildman–Crippen MR) is 71.7 cm³/mol. The summed E-state index contributed by atoms with van der Waals surface area (Å²) in [6.07, 6.45) is 3.71. The molecule has 0 radical (unpaired) electrons. The Bertz CT molecular complexity index is 265. The molecule has 1 aliphatic heterocycles. The van der Waals surface area contributed by atoms with Crippen molar-refractivity contribution in [1.29, 1.82) is 0 Å². The molecule has 1 rings (SSSR count). The van der Waals surface area contributed by atoms with Crippen LogP contribution >= 0.6 is 12.2 Å². The first-order chi connectivity index (χ1) is 8.15. The molecule has 1 aliphatic rings. The summed E-state index contributed by atoms with van der Waals surface area (Å²) in [6.45, 7) is 4.39. The molecule has 2 atom stereocenters. The molecule has 0 aliphatic carbocycles. The largest absolute Gasteiger partial charge is 0.393 e. The monoisotopic (exact) mass is 258 g/mol. The Morgan fingerprint density at radius 2 is 2.41 bits per heavy atom. The van der Waals surface area contributed by atoms with Gasteiger partial charge in [-0.3, -0.25) is 4.79 Å². The van der Waals surface area contributed by atoms with E-state index in [2.05, 4.69) is 5.32 Å². The molecule has 98 valence electrons. The van der Waals surface area contributed by atoms with Crippen molar-refractivity contribution >= 4 is 23.1 Å². The number of thiocarbonyl (C=S) groups is 1. The summed E-state index contributed by atoms with van der Waals surface area (Å²) in [7, 11) is 0. The van der Waals surface area contributed by atoms with E-state index in [1.807, 2.05) is 6.92 Å². The predicted octanol–water partition coefficient (Wildman–Crippen LogP) is 1.23. The zero-order valence-corrected chi connectivity index (χ0v) is 11.2. The number of rotatable bonds is 7. The van der Waals surface area contributed by atoms with Crippen LogP contribution < -0.4 is 11.1 Å². The van der Waals surface area contributed by atoms with E-state index in [4.69, 9.17) is 22.7 Å². The van der Waals surface area contributed by atoms with Crippen molar-refractivity contribution in [2.75, 3.05) is 19.8 Å². The summed E-state index contributed by atoms with van der Waals surface area (Å²) in [6, 6.07) is 0. The van der Waals surface area contributed by atoms with Gasteiger partial charge in [-0.25, -0.2) is 0 Å². The van der Waals surface area contributed by atoms with E-state index in [1.54, 1.807) is 0 Å². The third kappa shape index (κ3) is 5.00. The van der Waals surface area contributed by atoms with Crippen LogP contribution in [0.15, 0.2) is 0 Å². The van der Waals surface area contributed by atoms with Crippen molar-refractivity contribution in [3.63, 3.8) is 0 Å². The Hall–Kier alpha value is -0.680. The molecule has 1 fully saturated rings. The van der Waals surface area contributed by atoms with Gasteiger partial charge in [-0.2, -0.15) is 0 Å². The number of hydrogen-bond acceptors (Lipinski definition) is 3. The van der Waals surface area contributed by atoms with Gasteiger partial charge in [0.15, 0.2) is 0 Å². The van der Waals surface area contributed by atoms with E-state index >= 15 is 0 Å². The van der Waals surface area contributed by atoms with Gasteiger partial charge in [-0.1, -0.05) is 25.6 Å². The van der Waals surface area contributed by atoms with Crippen LogP contribution in [0.25, 0.3) is 0 Å². The smallest absolute Gasteiger partial charge is 0.229 e. The molecule has 0 spiro atoms. The number of nitrogens with two attached hydrogens (primary N) is 1. The highest BCUT2D eigenvalue weighted by molar-refractivity contribution is 7.80. The topological polar surface area (TPSA) is 64.3 Å². The second-order valence-electron chi connectivity index (χ2n) is 4.55. The van der Waals surface area contributed by atoms with E-state index in [-0.39, 0.29) is 11.8 Å². The SMILES string of the molecule is CCCC(C(=O)NCCC1CCOC1)C(N)=S. The lowest BCUT2D eigenvalue weighted by Crippen LogP contribution is -2.38. The molecule has 1 saturated heterocycles. The van der Waals surface area contributed by atoms with Gasteiger partial charge < -0.3 is 15.8 Å². The maximum Gasteiger partial charge on any atom is 0.229 e. The normalized spacial score (nSPS) is 21.1. The van der Waals surface area contributed by atoms with Crippen molar-refractivity contribution in [2.24, 2.45) is 17.6 Å². The maximum absolute atomic E-state index is 11.8. The highest BCUT2D eigenvalue weighted by atomic mass is 32.1. The van der Waals surface area contributed by atoms with Crippen LogP contribution in [0.2, 0.25) is 0 Å². The molecule has 0 aromatic rings. The second kappa shape index (κ2) is 7.61. The van der Waals surface area contributed by atoms with Gasteiger partial charge >= 0.3 is 0 Å². The Morgan fingerprint density at radius 1 is 1.65 bits per heavy atom. The summed E-state index contributed by atoms with van der Waals surface area (Å²) in [5.74, 6) is 0.248. The zero-order valence-electron chi connectivity index (χ0n) is 10.4. The molecule has 3 N–H and O–H groups in total. The molecule has 0 aromatic carbocycles. The number of carbonyl (C=O) groups excluding carboxylic acids is 1. The number of ether oxygens (including phenoxy) is 1. The first-order valence-corrected chi connectivity index (χ1v) is 6.70. The minimum atomic E-state index is -0.310. The Balaban J connectivity index is 2.23. The van der Waals surface area contributed by atoms with Crippen molar-refractivity contribution in [3.8, 4) is 0 Å². The van der Waals surface area contributed by atoms with E-state index in [0.717, 1.165) is 38.9 Å². The van der Waals surface area contributed by atoms with E-state index in [1.165, 1.54) is 0 Å². The Kier molecular flexibility index (Phi) is 6.44. The fourth-order valence-electron chi connectivity index (χ4n) is 2.02. The fraction of sp³-hybridized carbons (Fsp3) is 0.833. The van der Waals surface area contributed by atoms with Gasteiger partial charge in [0.2, 0.25) is 5.91 Å². The molecule has 5 heteroatoms. The zero-order chi connectivity index (χ0) is 12.7. The van der Waals surface area contributed by atoms with Crippen LogP contribution in [-0.4, -0.2) is 30.7 Å². The van der Waals surface area contributed by atoms with Crippen LogP contribution in [0.5, 0.6) is 0 Å². The molecule has 2 unspecified atom stereocenters. The summed E-state index contributed by atoms with van der Waals surface area (Å²) in [4.78, 5) is 12.1. The van der Waals surface area contributed by atoms with Crippen LogP contribution in [0, 0.1) is 11.8 Å². The van der Waals surface area contributed by atoms with E-state index in [9.17, 15) is 4.79 Å². The summed E-state index contributed by atoms with van der Waals surface area (Å²) in [5, 5.41) is 2.91. The minimum absolute atomic E-state index is 0.0294. The lowest BCUT2D eigenvalue weighted by Gasteiger charge is -2.15. The van der Waals surface area contributed by atoms with Gasteiger partial charge in [0.25, 0.3) is 0 Å². The lowest BCUT2D eigenvalue weighted by molar-refractivity contribution is -0.123. The van der Waals surface area contributed by atoms with E-state index in [0.29, 0.717) is 17.5 Å². The van der Waals surface area contributed by atoms with Gasteiger partial charge in [0.1, 0.15) is 0 Å². The van der Waals surface area contributed by atoms with Gasteiger partial charge in [-0.15, -0.1) is 0 Å². The highest BCUT2D eigenvalue weighted by Gasteiger charge is 2.21. The van der Waals surface area contributed by atoms with Crippen molar-refractivity contribution in [3.05, 3.63) is 0 Å². The molecular formula is C12H22N2O2S. The van der Waals surface area contributed by atoms with Crippen molar-refractivity contribution < 1.29 is 9.53 Å². The van der Waals surface area contributed by atoms with Gasteiger partial charge in [-0.05, 0) is 25.2 Å². The number of hydrogen-bond donors (Lipinski definition) is 2. The first-order valence-electron chi connectivity index (χ1n) is 6.30. The lowest BCUT2D eigenvalue weighted by atomic mass is 10.0. The van der Waals surface area contributed by atoms with E-state index < -0.39 is 0 Å². The van der Waals surface area contributed by atoms with Crippen molar-refractivity contribution in [2.45, 2.75) is 32.6 Å².